The average molecular weight is 200 g/mol. The molecule has 0 nitrogen and oxygen atoms in total. The van der Waals surface area contributed by atoms with Gasteiger partial charge >= 0.3 is 0 Å². The molecule has 0 amide bonds. The molecule has 0 radical (unpaired) electrons. The normalized spacial score (nSPS) is 18.3. The highest BCUT2D eigenvalue weighted by molar-refractivity contribution is 5.38. The Morgan fingerprint density at radius 2 is 1.47 bits per heavy atom. The molecule has 0 saturated heterocycles. The molecule has 0 aliphatic heterocycles. The summed E-state index contributed by atoms with van der Waals surface area (Å²) >= 11 is 0. The minimum absolute atomic E-state index is 0.213. The topological polar surface area (TPSA) is 0 Å². The molecule has 0 heteroatoms. The lowest BCUT2D eigenvalue weighted by atomic mass is 9.95. The SMILES string of the molecule is C=C(C)/C=C\C(=C)C1(/C=C\C(=C)C)CC1. The molecule has 0 atom stereocenters. The maximum atomic E-state index is 4.13. The van der Waals surface area contributed by atoms with E-state index in [2.05, 4.69) is 38.0 Å². The minimum atomic E-state index is 0.213. The smallest absolute Gasteiger partial charge is 0.0130 e. The van der Waals surface area contributed by atoms with Crippen molar-refractivity contribution in [3.8, 4) is 0 Å². The van der Waals surface area contributed by atoms with Crippen LogP contribution in [0.1, 0.15) is 26.7 Å². The molecule has 15 heavy (non-hydrogen) atoms. The van der Waals surface area contributed by atoms with Gasteiger partial charge in [-0.1, -0.05) is 55.2 Å². The molecule has 1 saturated carbocycles. The molecule has 0 unspecified atom stereocenters. The Morgan fingerprint density at radius 3 is 1.87 bits per heavy atom. The predicted octanol–water partition coefficient (Wildman–Crippen LogP) is 4.59. The highest BCUT2D eigenvalue weighted by Gasteiger charge is 2.41. The first-order valence-corrected chi connectivity index (χ1v) is 5.34. The van der Waals surface area contributed by atoms with Gasteiger partial charge in [-0.05, 0) is 32.3 Å². The van der Waals surface area contributed by atoms with Gasteiger partial charge in [0.1, 0.15) is 0 Å². The first-order valence-electron chi connectivity index (χ1n) is 5.34. The van der Waals surface area contributed by atoms with E-state index >= 15 is 0 Å². The van der Waals surface area contributed by atoms with Crippen LogP contribution in [0.3, 0.4) is 0 Å². The molecule has 1 aliphatic rings. The van der Waals surface area contributed by atoms with Crippen LogP contribution in [0.5, 0.6) is 0 Å². The summed E-state index contributed by atoms with van der Waals surface area (Å²) in [5.41, 5.74) is 3.56. The fourth-order valence-electron chi connectivity index (χ4n) is 1.44. The number of hydrogen-bond acceptors (Lipinski definition) is 0. The van der Waals surface area contributed by atoms with Crippen molar-refractivity contribution in [2.24, 2.45) is 5.41 Å². The van der Waals surface area contributed by atoms with E-state index in [1.165, 1.54) is 18.4 Å². The molecule has 80 valence electrons. The van der Waals surface area contributed by atoms with Gasteiger partial charge in [0.2, 0.25) is 0 Å². The highest BCUT2D eigenvalue weighted by atomic mass is 14.4. The minimum Gasteiger partial charge on any atom is -0.0961 e. The zero-order chi connectivity index (χ0) is 11.5. The fraction of sp³-hybridized carbons (Fsp3) is 0.333. The van der Waals surface area contributed by atoms with Gasteiger partial charge in [-0.25, -0.2) is 0 Å². The second-order valence-corrected chi connectivity index (χ2v) is 4.54. The van der Waals surface area contributed by atoms with Gasteiger partial charge in [0, 0.05) is 5.41 Å². The predicted molar refractivity (Wildman–Crippen MR) is 68.7 cm³/mol. The van der Waals surface area contributed by atoms with Crippen LogP contribution in [0, 0.1) is 5.41 Å². The summed E-state index contributed by atoms with van der Waals surface area (Å²) in [6, 6.07) is 0. The van der Waals surface area contributed by atoms with E-state index in [4.69, 9.17) is 0 Å². The Balaban J connectivity index is 2.67. The molecule has 0 bridgehead atoms. The molecular formula is C15H20. The van der Waals surface area contributed by atoms with Gasteiger partial charge in [0.25, 0.3) is 0 Å². The summed E-state index contributed by atoms with van der Waals surface area (Å²) in [7, 11) is 0. The molecule has 1 aliphatic carbocycles. The molecule has 0 aromatic rings. The Morgan fingerprint density at radius 1 is 0.933 bits per heavy atom. The second-order valence-electron chi connectivity index (χ2n) is 4.54. The van der Waals surface area contributed by atoms with Crippen LogP contribution in [0.15, 0.2) is 60.8 Å². The van der Waals surface area contributed by atoms with E-state index in [0.29, 0.717) is 0 Å². The van der Waals surface area contributed by atoms with E-state index in [1.54, 1.807) is 0 Å². The van der Waals surface area contributed by atoms with Gasteiger partial charge in [-0.3, -0.25) is 0 Å². The Labute approximate surface area is 93.4 Å². The van der Waals surface area contributed by atoms with Gasteiger partial charge in [0.05, 0.1) is 0 Å². The van der Waals surface area contributed by atoms with E-state index < -0.39 is 0 Å². The molecule has 0 spiro atoms. The monoisotopic (exact) mass is 200 g/mol. The zero-order valence-electron chi connectivity index (χ0n) is 9.84. The third-order valence-electron chi connectivity index (χ3n) is 2.68. The van der Waals surface area contributed by atoms with Crippen LogP contribution >= 0.6 is 0 Å². The van der Waals surface area contributed by atoms with E-state index in [9.17, 15) is 0 Å². The van der Waals surface area contributed by atoms with E-state index in [1.807, 2.05) is 19.9 Å². The maximum absolute atomic E-state index is 4.13. The summed E-state index contributed by atoms with van der Waals surface area (Å²) in [5, 5.41) is 0. The van der Waals surface area contributed by atoms with Crippen molar-refractivity contribution in [2.45, 2.75) is 26.7 Å². The third kappa shape index (κ3) is 3.39. The van der Waals surface area contributed by atoms with Crippen molar-refractivity contribution in [2.75, 3.05) is 0 Å². The van der Waals surface area contributed by atoms with Crippen molar-refractivity contribution in [3.63, 3.8) is 0 Å². The van der Waals surface area contributed by atoms with Gasteiger partial charge in [0.15, 0.2) is 0 Å². The molecule has 0 aromatic carbocycles. The summed E-state index contributed by atoms with van der Waals surface area (Å²) in [4.78, 5) is 0. The van der Waals surface area contributed by atoms with Crippen LogP contribution < -0.4 is 0 Å². The molecule has 0 aromatic heterocycles. The van der Waals surface area contributed by atoms with E-state index in [-0.39, 0.29) is 5.41 Å². The lowest BCUT2D eigenvalue weighted by Gasteiger charge is -2.09. The molecule has 0 N–H and O–H groups in total. The second kappa shape index (κ2) is 4.48. The van der Waals surface area contributed by atoms with Crippen LogP contribution in [-0.4, -0.2) is 0 Å². The molecule has 1 rings (SSSR count). The Hall–Kier alpha value is -1.30. The molecular weight excluding hydrogens is 180 g/mol. The number of allylic oxidation sites excluding steroid dienone is 7. The van der Waals surface area contributed by atoms with Crippen molar-refractivity contribution in [3.05, 3.63) is 60.8 Å². The van der Waals surface area contributed by atoms with Crippen molar-refractivity contribution < 1.29 is 0 Å². The molecule has 1 fully saturated rings. The largest absolute Gasteiger partial charge is 0.0961 e. The zero-order valence-corrected chi connectivity index (χ0v) is 9.84. The van der Waals surface area contributed by atoms with Gasteiger partial charge in [-0.2, -0.15) is 0 Å². The lowest BCUT2D eigenvalue weighted by molar-refractivity contribution is 0.813. The Bertz CT molecular complexity index is 346. The van der Waals surface area contributed by atoms with Crippen molar-refractivity contribution >= 4 is 0 Å². The quantitative estimate of drug-likeness (QED) is 0.569. The van der Waals surface area contributed by atoms with Crippen LogP contribution in [-0.2, 0) is 0 Å². The standard InChI is InChI=1S/C15H20/c1-12(2)6-7-14(5)15(10-11-15)9-8-13(3)4/h6-9H,1,3,5,10-11H2,2,4H3/b7-6-,9-8-. The summed E-state index contributed by atoms with van der Waals surface area (Å²) < 4.78 is 0. The first-order chi connectivity index (χ1) is 6.96. The number of hydrogen-bond donors (Lipinski definition) is 0. The summed E-state index contributed by atoms with van der Waals surface area (Å²) in [5.74, 6) is 0. The Kier molecular flexibility index (Phi) is 3.52. The number of rotatable bonds is 5. The lowest BCUT2D eigenvalue weighted by Crippen LogP contribution is -1.97. The first kappa shape index (κ1) is 11.8. The molecule has 0 heterocycles. The van der Waals surface area contributed by atoms with Gasteiger partial charge in [-0.15, -0.1) is 0 Å². The maximum Gasteiger partial charge on any atom is 0.0130 e. The van der Waals surface area contributed by atoms with E-state index in [0.717, 1.165) is 11.1 Å². The van der Waals surface area contributed by atoms with Crippen molar-refractivity contribution in [1.29, 1.82) is 0 Å². The van der Waals surface area contributed by atoms with Crippen LogP contribution in [0.25, 0.3) is 0 Å². The van der Waals surface area contributed by atoms with Crippen LogP contribution in [0.2, 0.25) is 0 Å². The fourth-order valence-corrected chi connectivity index (χ4v) is 1.44. The van der Waals surface area contributed by atoms with Gasteiger partial charge < -0.3 is 0 Å². The summed E-state index contributed by atoms with van der Waals surface area (Å²) in [6.07, 6.45) is 10.8. The average Bonchev–Trinajstić information content (AvgIpc) is 2.92. The summed E-state index contributed by atoms with van der Waals surface area (Å²) in [6.45, 7) is 15.9. The van der Waals surface area contributed by atoms with Crippen LogP contribution in [0.4, 0.5) is 0 Å². The highest BCUT2D eigenvalue weighted by Crippen LogP contribution is 2.53. The van der Waals surface area contributed by atoms with Crippen molar-refractivity contribution in [1.82, 2.24) is 0 Å². The third-order valence-corrected chi connectivity index (χ3v) is 2.68.